The van der Waals surface area contributed by atoms with E-state index in [2.05, 4.69) is 6.07 Å². The Labute approximate surface area is 94.1 Å². The largest absolute Gasteiger partial charge is 0.422 e. The summed E-state index contributed by atoms with van der Waals surface area (Å²) in [5, 5.41) is 3.09. The molecule has 1 aromatic heterocycles. The van der Waals surface area contributed by atoms with Crippen molar-refractivity contribution in [2.24, 2.45) is 0 Å². The van der Waals surface area contributed by atoms with Gasteiger partial charge in [-0.15, -0.1) is 0 Å². The Morgan fingerprint density at radius 2 is 2.06 bits per heavy atom. The first-order valence-electron chi connectivity index (χ1n) is 5.44. The van der Waals surface area contributed by atoms with Crippen molar-refractivity contribution in [1.29, 1.82) is 0 Å². The van der Waals surface area contributed by atoms with Gasteiger partial charge in [0, 0.05) is 17.0 Å². The third kappa shape index (κ3) is 1.74. The highest BCUT2D eigenvalue weighted by molar-refractivity contribution is 5.83. The number of hydrogen-bond donors (Lipinski definition) is 1. The molecule has 0 amide bonds. The van der Waals surface area contributed by atoms with Crippen molar-refractivity contribution in [3.05, 3.63) is 45.3 Å². The minimum atomic E-state index is -0.266. The highest BCUT2D eigenvalue weighted by Gasteiger charge is 2.09. The van der Waals surface area contributed by atoms with Gasteiger partial charge in [0.1, 0.15) is 12.1 Å². The van der Waals surface area contributed by atoms with Gasteiger partial charge in [0.2, 0.25) is 0 Å². The van der Waals surface area contributed by atoms with E-state index in [4.69, 9.17) is 4.42 Å². The summed E-state index contributed by atoms with van der Waals surface area (Å²) in [5.74, 6) is 0. The predicted octanol–water partition coefficient (Wildman–Crippen LogP) is 1.10. The van der Waals surface area contributed by atoms with Gasteiger partial charge in [0.25, 0.3) is 0 Å². The van der Waals surface area contributed by atoms with Crippen LogP contribution in [0.15, 0.2) is 27.4 Å². The fraction of sp³-hybridized carbons (Fsp3) is 0.308. The lowest BCUT2D eigenvalue weighted by atomic mass is 10.0. The molecule has 0 aliphatic carbocycles. The Morgan fingerprint density at radius 3 is 2.75 bits per heavy atom. The standard InChI is InChI=1S/C13H15NO2/c1-8-4-5-11-10(7-14-3)6-12(15)16-13(11)9(8)2/h4-6,14H,7H2,1-3H3/p+1. The monoisotopic (exact) mass is 218 g/mol. The molecule has 2 aromatic rings. The molecule has 0 saturated carbocycles. The molecule has 0 spiro atoms. The minimum absolute atomic E-state index is 0.266. The first-order chi connectivity index (χ1) is 7.63. The number of quaternary nitrogens is 1. The molecule has 0 fully saturated rings. The van der Waals surface area contributed by atoms with Crippen LogP contribution >= 0.6 is 0 Å². The highest BCUT2D eigenvalue weighted by Crippen LogP contribution is 2.22. The first-order valence-corrected chi connectivity index (χ1v) is 5.44. The normalized spacial score (nSPS) is 10.9. The van der Waals surface area contributed by atoms with Gasteiger partial charge < -0.3 is 9.73 Å². The van der Waals surface area contributed by atoms with Crippen molar-refractivity contribution in [1.82, 2.24) is 0 Å². The zero-order chi connectivity index (χ0) is 11.7. The van der Waals surface area contributed by atoms with Crippen LogP contribution in [-0.4, -0.2) is 7.05 Å². The van der Waals surface area contributed by atoms with Gasteiger partial charge >= 0.3 is 5.63 Å². The molecular formula is C13H16NO2+. The quantitative estimate of drug-likeness (QED) is 0.767. The summed E-state index contributed by atoms with van der Waals surface area (Å²) in [5.41, 5.74) is 3.69. The van der Waals surface area contributed by atoms with E-state index >= 15 is 0 Å². The average Bonchev–Trinajstić information content (AvgIpc) is 2.24. The second kappa shape index (κ2) is 4.10. The predicted molar refractivity (Wildman–Crippen MR) is 63.5 cm³/mol. The second-order valence-corrected chi connectivity index (χ2v) is 4.09. The number of hydrogen-bond acceptors (Lipinski definition) is 2. The van der Waals surface area contributed by atoms with E-state index in [9.17, 15) is 4.79 Å². The van der Waals surface area contributed by atoms with Crippen molar-refractivity contribution in [3.63, 3.8) is 0 Å². The Bertz CT molecular complexity index is 584. The maximum absolute atomic E-state index is 11.5. The van der Waals surface area contributed by atoms with E-state index in [1.807, 2.05) is 32.3 Å². The van der Waals surface area contributed by atoms with Crippen molar-refractivity contribution >= 4 is 11.0 Å². The van der Waals surface area contributed by atoms with Gasteiger partial charge in [-0.2, -0.15) is 0 Å². The van der Waals surface area contributed by atoms with Crippen molar-refractivity contribution in [2.45, 2.75) is 20.4 Å². The third-order valence-corrected chi connectivity index (χ3v) is 2.94. The molecule has 0 bridgehead atoms. The summed E-state index contributed by atoms with van der Waals surface area (Å²) in [6.45, 7) is 4.80. The first kappa shape index (κ1) is 10.9. The number of nitrogens with two attached hydrogens (primary N) is 1. The fourth-order valence-electron chi connectivity index (χ4n) is 1.91. The average molecular weight is 218 g/mol. The van der Waals surface area contributed by atoms with Gasteiger partial charge in [-0.3, -0.25) is 0 Å². The van der Waals surface area contributed by atoms with Gasteiger partial charge in [0.05, 0.1) is 7.05 Å². The maximum Gasteiger partial charge on any atom is 0.336 e. The van der Waals surface area contributed by atoms with Gasteiger partial charge in [0.15, 0.2) is 0 Å². The lowest BCUT2D eigenvalue weighted by Gasteiger charge is -2.07. The molecule has 84 valence electrons. The Hall–Kier alpha value is -1.61. The Morgan fingerprint density at radius 1 is 1.31 bits per heavy atom. The molecule has 0 radical (unpaired) electrons. The SMILES string of the molecule is C[NH2+]Cc1cc(=O)oc2c(C)c(C)ccc12. The van der Waals surface area contributed by atoms with Crippen LogP contribution in [0.1, 0.15) is 16.7 Å². The van der Waals surface area contributed by atoms with Crippen molar-refractivity contribution in [3.8, 4) is 0 Å². The summed E-state index contributed by atoms with van der Waals surface area (Å²) in [7, 11) is 1.99. The van der Waals surface area contributed by atoms with E-state index in [1.165, 1.54) is 0 Å². The van der Waals surface area contributed by atoms with E-state index in [0.29, 0.717) is 0 Å². The maximum atomic E-state index is 11.5. The van der Waals surface area contributed by atoms with Gasteiger partial charge in [-0.25, -0.2) is 4.79 Å². The molecule has 3 heteroatoms. The molecule has 1 heterocycles. The van der Waals surface area contributed by atoms with Crippen molar-refractivity contribution < 1.29 is 9.73 Å². The molecule has 0 unspecified atom stereocenters. The zero-order valence-electron chi connectivity index (χ0n) is 9.83. The summed E-state index contributed by atoms with van der Waals surface area (Å²) < 4.78 is 5.29. The molecule has 0 aliphatic rings. The molecule has 2 N–H and O–H groups in total. The summed E-state index contributed by atoms with van der Waals surface area (Å²) in [6.07, 6.45) is 0. The molecule has 0 aliphatic heterocycles. The molecule has 3 nitrogen and oxygen atoms in total. The van der Waals surface area contributed by atoms with Crippen LogP contribution in [0.3, 0.4) is 0 Å². The number of fused-ring (bicyclic) bond motifs is 1. The lowest BCUT2D eigenvalue weighted by Crippen LogP contribution is -2.77. The topological polar surface area (TPSA) is 46.8 Å². The Balaban J connectivity index is 2.83. The minimum Gasteiger partial charge on any atom is -0.422 e. The van der Waals surface area contributed by atoms with E-state index < -0.39 is 0 Å². The Kier molecular flexibility index (Phi) is 2.79. The smallest absolute Gasteiger partial charge is 0.336 e. The highest BCUT2D eigenvalue weighted by atomic mass is 16.4. The number of benzene rings is 1. The molecule has 0 atom stereocenters. The summed E-state index contributed by atoms with van der Waals surface area (Å²) in [6, 6.07) is 5.67. The molecule has 0 saturated heterocycles. The van der Waals surface area contributed by atoms with Crippen LogP contribution in [0.25, 0.3) is 11.0 Å². The van der Waals surface area contributed by atoms with Gasteiger partial charge in [-0.05, 0) is 25.0 Å². The van der Waals surface area contributed by atoms with Crippen LogP contribution in [0.4, 0.5) is 0 Å². The molecular weight excluding hydrogens is 202 g/mol. The molecule has 1 aromatic carbocycles. The number of rotatable bonds is 2. The second-order valence-electron chi connectivity index (χ2n) is 4.09. The van der Waals surface area contributed by atoms with Crippen LogP contribution in [0.5, 0.6) is 0 Å². The number of aryl methyl sites for hydroxylation is 2. The van der Waals surface area contributed by atoms with Gasteiger partial charge in [-0.1, -0.05) is 12.1 Å². The third-order valence-electron chi connectivity index (χ3n) is 2.94. The van der Waals surface area contributed by atoms with E-state index in [0.717, 1.165) is 34.2 Å². The van der Waals surface area contributed by atoms with Crippen LogP contribution < -0.4 is 10.9 Å². The summed E-state index contributed by atoms with van der Waals surface area (Å²) in [4.78, 5) is 11.5. The van der Waals surface area contributed by atoms with E-state index in [1.54, 1.807) is 6.07 Å². The summed E-state index contributed by atoms with van der Waals surface area (Å²) >= 11 is 0. The van der Waals surface area contributed by atoms with E-state index in [-0.39, 0.29) is 5.63 Å². The fourth-order valence-corrected chi connectivity index (χ4v) is 1.91. The van der Waals surface area contributed by atoms with Crippen molar-refractivity contribution in [2.75, 3.05) is 7.05 Å². The van der Waals surface area contributed by atoms with Crippen LogP contribution in [0, 0.1) is 13.8 Å². The lowest BCUT2D eigenvalue weighted by molar-refractivity contribution is -0.643. The molecule has 16 heavy (non-hydrogen) atoms. The van der Waals surface area contributed by atoms with Crippen LogP contribution in [-0.2, 0) is 6.54 Å². The molecule has 2 rings (SSSR count). The zero-order valence-corrected chi connectivity index (χ0v) is 9.83. The van der Waals surface area contributed by atoms with Crippen LogP contribution in [0.2, 0.25) is 0 Å².